The van der Waals surface area contributed by atoms with Crippen molar-refractivity contribution in [1.82, 2.24) is 10.2 Å². The van der Waals surface area contributed by atoms with Gasteiger partial charge < -0.3 is 10.2 Å². The van der Waals surface area contributed by atoms with Gasteiger partial charge in [-0.3, -0.25) is 0 Å². The van der Waals surface area contributed by atoms with Crippen molar-refractivity contribution in [3.05, 3.63) is 42.7 Å². The molecule has 0 aliphatic rings. The third-order valence-corrected chi connectivity index (χ3v) is 5.75. The molecule has 20 heavy (non-hydrogen) atoms. The number of nitrogens with zero attached hydrogens (tertiary/aromatic N) is 1. The number of halogens is 2. The normalized spacial score (nSPS) is 14.7. The van der Waals surface area contributed by atoms with Crippen LogP contribution in [0.1, 0.15) is 29.4 Å². The van der Waals surface area contributed by atoms with Gasteiger partial charge in [-0.05, 0) is 44.1 Å². The van der Waals surface area contributed by atoms with Crippen molar-refractivity contribution < 1.29 is 0 Å². The van der Waals surface area contributed by atoms with Crippen LogP contribution in [0.15, 0.2) is 23.6 Å². The van der Waals surface area contributed by atoms with E-state index in [1.165, 1.54) is 16.2 Å². The van der Waals surface area contributed by atoms with Gasteiger partial charge in [0.2, 0.25) is 0 Å². The largest absolute Gasteiger partial charge is 0.308 e. The van der Waals surface area contributed by atoms with E-state index in [2.05, 4.69) is 48.7 Å². The fourth-order valence-corrected chi connectivity index (χ4v) is 4.63. The van der Waals surface area contributed by atoms with Crippen LogP contribution in [0, 0.1) is 0 Å². The summed E-state index contributed by atoms with van der Waals surface area (Å²) in [6.45, 7) is 2.99. The van der Waals surface area contributed by atoms with Crippen LogP contribution in [0.25, 0.3) is 0 Å². The van der Waals surface area contributed by atoms with Crippen molar-refractivity contribution in [3.63, 3.8) is 0 Å². The summed E-state index contributed by atoms with van der Waals surface area (Å²) in [5.74, 6) is 0. The van der Waals surface area contributed by atoms with Crippen molar-refractivity contribution in [2.24, 2.45) is 0 Å². The Hall–Kier alpha value is -0.100. The van der Waals surface area contributed by atoms with Crippen molar-refractivity contribution >= 4 is 45.9 Å². The third-order valence-electron chi connectivity index (χ3n) is 3.26. The number of likely N-dealkylation sites (N-methyl/N-ethyl adjacent to an activating group) is 1. The Labute approximate surface area is 138 Å². The highest BCUT2D eigenvalue weighted by atomic mass is 35.5. The molecule has 1 N–H and O–H groups in total. The van der Waals surface area contributed by atoms with Crippen LogP contribution in [-0.4, -0.2) is 25.5 Å². The molecule has 0 saturated heterocycles. The quantitative estimate of drug-likeness (QED) is 0.783. The van der Waals surface area contributed by atoms with Gasteiger partial charge >= 0.3 is 0 Å². The first kappa shape index (κ1) is 16.3. The highest BCUT2D eigenvalue weighted by molar-refractivity contribution is 7.20. The molecule has 0 saturated carbocycles. The van der Waals surface area contributed by atoms with Crippen molar-refractivity contribution in [2.45, 2.75) is 19.0 Å². The Balaban J connectivity index is 2.01. The Bertz CT molecular complexity index is 537. The molecular formula is C14H18Cl2N2S2. The lowest BCUT2D eigenvalue weighted by Crippen LogP contribution is -2.31. The number of hydrogen-bond acceptors (Lipinski definition) is 4. The Kier molecular flexibility index (Phi) is 5.90. The average molecular weight is 349 g/mol. The standard InChI is InChI=1S/C14H18Cl2N2S2/c1-9(10-7-13(15)20-14(10)16)17-8-11(18(2)3)12-5-4-6-19-12/h4-7,9,11,17H,8H2,1-3H3. The molecule has 0 bridgehead atoms. The molecule has 0 fully saturated rings. The zero-order valence-electron chi connectivity index (χ0n) is 11.7. The van der Waals surface area contributed by atoms with E-state index in [-0.39, 0.29) is 6.04 Å². The lowest BCUT2D eigenvalue weighted by molar-refractivity contribution is 0.286. The van der Waals surface area contributed by atoms with Crippen LogP contribution in [-0.2, 0) is 0 Å². The second-order valence-electron chi connectivity index (χ2n) is 4.90. The van der Waals surface area contributed by atoms with Crippen LogP contribution in [0.5, 0.6) is 0 Å². The second-order valence-corrected chi connectivity index (χ2v) is 8.17. The number of rotatable bonds is 6. The molecule has 2 aromatic heterocycles. The smallest absolute Gasteiger partial charge is 0.0991 e. The summed E-state index contributed by atoms with van der Waals surface area (Å²) in [6, 6.07) is 6.77. The van der Waals surface area contributed by atoms with Gasteiger partial charge in [0.05, 0.1) is 14.7 Å². The predicted molar refractivity (Wildman–Crippen MR) is 91.5 cm³/mol. The van der Waals surface area contributed by atoms with Crippen LogP contribution in [0.2, 0.25) is 8.67 Å². The maximum Gasteiger partial charge on any atom is 0.0991 e. The van der Waals surface area contributed by atoms with E-state index in [9.17, 15) is 0 Å². The maximum absolute atomic E-state index is 6.20. The molecule has 2 nitrogen and oxygen atoms in total. The Morgan fingerprint density at radius 3 is 2.60 bits per heavy atom. The fourth-order valence-electron chi connectivity index (χ4n) is 2.07. The summed E-state index contributed by atoms with van der Waals surface area (Å²) in [5.41, 5.74) is 1.07. The summed E-state index contributed by atoms with van der Waals surface area (Å²) < 4.78 is 1.51. The molecule has 0 aliphatic carbocycles. The predicted octanol–water partition coefficient (Wildman–Crippen LogP) is 5.07. The van der Waals surface area contributed by atoms with Gasteiger partial charge in [-0.25, -0.2) is 0 Å². The molecule has 2 unspecified atom stereocenters. The molecule has 2 atom stereocenters. The maximum atomic E-state index is 6.20. The average Bonchev–Trinajstić information content (AvgIpc) is 2.99. The van der Waals surface area contributed by atoms with Crippen molar-refractivity contribution in [1.29, 1.82) is 0 Å². The lowest BCUT2D eigenvalue weighted by atomic mass is 10.1. The van der Waals surface area contributed by atoms with Gasteiger partial charge in [-0.2, -0.15) is 0 Å². The first-order valence-corrected chi connectivity index (χ1v) is 8.82. The summed E-state index contributed by atoms with van der Waals surface area (Å²) >= 11 is 15.4. The molecule has 2 aromatic rings. The topological polar surface area (TPSA) is 15.3 Å². The lowest BCUT2D eigenvalue weighted by Gasteiger charge is -2.25. The number of nitrogens with one attached hydrogen (secondary N) is 1. The SMILES string of the molecule is CC(NCC(c1cccs1)N(C)C)c1cc(Cl)sc1Cl. The third kappa shape index (κ3) is 3.97. The van der Waals surface area contributed by atoms with E-state index >= 15 is 0 Å². The summed E-state index contributed by atoms with van der Waals surface area (Å²) in [4.78, 5) is 3.59. The molecule has 0 amide bonds. The highest BCUT2D eigenvalue weighted by Crippen LogP contribution is 2.35. The van der Waals surface area contributed by atoms with Gasteiger partial charge in [0.25, 0.3) is 0 Å². The Morgan fingerprint density at radius 2 is 2.10 bits per heavy atom. The van der Waals surface area contributed by atoms with E-state index < -0.39 is 0 Å². The van der Waals surface area contributed by atoms with E-state index in [1.54, 1.807) is 11.3 Å². The van der Waals surface area contributed by atoms with Gasteiger partial charge in [-0.15, -0.1) is 22.7 Å². The first-order chi connectivity index (χ1) is 9.49. The van der Waals surface area contributed by atoms with Gasteiger partial charge in [0, 0.05) is 17.5 Å². The molecule has 0 spiro atoms. The molecule has 0 aliphatic heterocycles. The summed E-state index contributed by atoms with van der Waals surface area (Å²) in [6.07, 6.45) is 0. The van der Waals surface area contributed by atoms with Gasteiger partial charge in [0.1, 0.15) is 0 Å². The van der Waals surface area contributed by atoms with Crippen molar-refractivity contribution in [3.8, 4) is 0 Å². The molecule has 0 aromatic carbocycles. The van der Waals surface area contributed by atoms with Crippen LogP contribution < -0.4 is 5.32 Å². The van der Waals surface area contributed by atoms with E-state index in [0.29, 0.717) is 6.04 Å². The van der Waals surface area contributed by atoms with Crippen LogP contribution >= 0.6 is 45.9 Å². The minimum absolute atomic E-state index is 0.189. The first-order valence-electron chi connectivity index (χ1n) is 6.37. The molecule has 110 valence electrons. The van der Waals surface area contributed by atoms with Gasteiger partial charge in [-0.1, -0.05) is 29.3 Å². The molecule has 2 rings (SSSR count). The Morgan fingerprint density at radius 1 is 1.35 bits per heavy atom. The number of thiophene rings is 2. The minimum Gasteiger partial charge on any atom is -0.308 e. The summed E-state index contributed by atoms with van der Waals surface area (Å²) in [5, 5.41) is 5.67. The number of hydrogen-bond donors (Lipinski definition) is 1. The van der Waals surface area contributed by atoms with Gasteiger partial charge in [0.15, 0.2) is 0 Å². The monoisotopic (exact) mass is 348 g/mol. The molecule has 6 heteroatoms. The zero-order chi connectivity index (χ0) is 14.7. The van der Waals surface area contributed by atoms with E-state index in [4.69, 9.17) is 23.2 Å². The van der Waals surface area contributed by atoms with Crippen LogP contribution in [0.3, 0.4) is 0 Å². The molecule has 2 heterocycles. The zero-order valence-corrected chi connectivity index (χ0v) is 14.8. The second kappa shape index (κ2) is 7.25. The van der Waals surface area contributed by atoms with Crippen LogP contribution in [0.4, 0.5) is 0 Å². The minimum atomic E-state index is 0.189. The molecular weight excluding hydrogens is 331 g/mol. The van der Waals surface area contributed by atoms with Crippen molar-refractivity contribution in [2.75, 3.05) is 20.6 Å². The molecule has 0 radical (unpaired) electrons. The van der Waals surface area contributed by atoms with E-state index in [0.717, 1.165) is 20.8 Å². The summed E-state index contributed by atoms with van der Waals surface area (Å²) in [7, 11) is 4.20. The fraction of sp³-hybridized carbons (Fsp3) is 0.429. The highest BCUT2D eigenvalue weighted by Gasteiger charge is 2.18. The van der Waals surface area contributed by atoms with E-state index in [1.807, 2.05) is 6.07 Å².